The van der Waals surface area contributed by atoms with E-state index in [2.05, 4.69) is 0 Å². The molecule has 158 valence electrons. The molecule has 0 aromatic carbocycles. The molecule has 0 rings (SSSR count). The summed E-state index contributed by atoms with van der Waals surface area (Å²) in [4.78, 5) is 0. The van der Waals surface area contributed by atoms with Crippen molar-refractivity contribution >= 4 is 7.82 Å². The third kappa shape index (κ3) is 14.1. The molecule has 0 aromatic rings. The molecule has 0 aromatic heterocycles. The van der Waals surface area contributed by atoms with E-state index in [0.29, 0.717) is 38.5 Å². The van der Waals surface area contributed by atoms with Crippen molar-refractivity contribution in [3.63, 3.8) is 0 Å². The number of hydrogen-bond acceptors (Lipinski definition) is 7. The maximum atomic E-state index is 12.7. The molecule has 0 heterocycles. The topological polar surface area (TPSA) is 105 Å². The van der Waals surface area contributed by atoms with E-state index in [1.807, 2.05) is 20.8 Å². The molecule has 26 heavy (non-hydrogen) atoms. The molecule has 0 bridgehead atoms. The van der Waals surface area contributed by atoms with Crippen LogP contribution in [0.2, 0.25) is 0 Å². The minimum atomic E-state index is -3.78. The molecule has 0 aliphatic carbocycles. The van der Waals surface area contributed by atoms with Crippen molar-refractivity contribution in [2.75, 3.05) is 19.8 Å². The highest BCUT2D eigenvalue weighted by Crippen LogP contribution is 2.50. The molecular formula is C18H39O7P. The van der Waals surface area contributed by atoms with Crippen LogP contribution < -0.4 is 0 Å². The van der Waals surface area contributed by atoms with Crippen molar-refractivity contribution in [1.29, 1.82) is 0 Å². The molecule has 0 saturated heterocycles. The van der Waals surface area contributed by atoms with E-state index >= 15 is 0 Å². The molecule has 3 atom stereocenters. The Morgan fingerprint density at radius 2 is 0.885 bits per heavy atom. The molecule has 3 unspecified atom stereocenters. The van der Waals surface area contributed by atoms with Crippen molar-refractivity contribution in [2.24, 2.45) is 0 Å². The van der Waals surface area contributed by atoms with Gasteiger partial charge in [-0.05, 0) is 38.5 Å². The Labute approximate surface area is 158 Å². The Hall–Kier alpha value is -0.0100. The van der Waals surface area contributed by atoms with Crippen LogP contribution in [0.1, 0.15) is 78.6 Å². The van der Waals surface area contributed by atoms with E-state index < -0.39 is 26.1 Å². The quantitative estimate of drug-likeness (QED) is 0.302. The van der Waals surface area contributed by atoms with Gasteiger partial charge < -0.3 is 15.3 Å². The lowest BCUT2D eigenvalue weighted by Gasteiger charge is -2.20. The Kier molecular flexibility index (Phi) is 16.0. The van der Waals surface area contributed by atoms with Crippen molar-refractivity contribution in [1.82, 2.24) is 0 Å². The van der Waals surface area contributed by atoms with E-state index in [9.17, 15) is 19.9 Å². The van der Waals surface area contributed by atoms with Gasteiger partial charge in [0.2, 0.25) is 0 Å². The molecule has 0 spiro atoms. The monoisotopic (exact) mass is 398 g/mol. The van der Waals surface area contributed by atoms with Gasteiger partial charge in [0.1, 0.15) is 0 Å². The van der Waals surface area contributed by atoms with Gasteiger partial charge in [-0.25, -0.2) is 4.57 Å². The van der Waals surface area contributed by atoms with Crippen LogP contribution in [0.4, 0.5) is 0 Å². The summed E-state index contributed by atoms with van der Waals surface area (Å²) in [5.74, 6) is 0. The Morgan fingerprint density at radius 1 is 0.615 bits per heavy atom. The smallest absolute Gasteiger partial charge is 0.393 e. The summed E-state index contributed by atoms with van der Waals surface area (Å²) in [6.07, 6.45) is 4.06. The summed E-state index contributed by atoms with van der Waals surface area (Å²) in [7, 11) is -3.78. The molecule has 0 saturated carbocycles. The first-order valence-electron chi connectivity index (χ1n) is 9.94. The highest BCUT2D eigenvalue weighted by atomic mass is 31.2. The third-order valence-electron chi connectivity index (χ3n) is 3.97. The molecular weight excluding hydrogens is 359 g/mol. The van der Waals surface area contributed by atoms with Gasteiger partial charge >= 0.3 is 7.82 Å². The van der Waals surface area contributed by atoms with E-state index in [-0.39, 0.29) is 19.8 Å². The summed E-state index contributed by atoms with van der Waals surface area (Å²) in [5.41, 5.74) is 0. The number of phosphoric acid groups is 1. The Bertz CT molecular complexity index is 315. The normalized spacial score (nSPS) is 17.6. The predicted octanol–water partition coefficient (Wildman–Crippen LogP) is 3.80. The zero-order chi connectivity index (χ0) is 19.8. The van der Waals surface area contributed by atoms with Gasteiger partial charge in [0, 0.05) is 0 Å². The van der Waals surface area contributed by atoms with Gasteiger partial charge in [0.15, 0.2) is 0 Å². The van der Waals surface area contributed by atoms with Gasteiger partial charge in [-0.1, -0.05) is 40.0 Å². The molecule has 0 fully saturated rings. The van der Waals surface area contributed by atoms with E-state index in [0.717, 1.165) is 19.3 Å². The van der Waals surface area contributed by atoms with Crippen LogP contribution in [0, 0.1) is 0 Å². The first-order valence-corrected chi connectivity index (χ1v) is 11.4. The molecule has 0 aliphatic rings. The summed E-state index contributed by atoms with van der Waals surface area (Å²) in [5, 5.41) is 29.2. The second-order valence-electron chi connectivity index (χ2n) is 6.64. The number of phosphoric ester groups is 1. The van der Waals surface area contributed by atoms with E-state index in [4.69, 9.17) is 13.6 Å². The fourth-order valence-corrected chi connectivity index (χ4v) is 3.66. The summed E-state index contributed by atoms with van der Waals surface area (Å²) >= 11 is 0. The zero-order valence-corrected chi connectivity index (χ0v) is 17.5. The average Bonchev–Trinajstić information content (AvgIpc) is 2.55. The first kappa shape index (κ1) is 26.0. The summed E-state index contributed by atoms with van der Waals surface area (Å²) in [6.45, 7) is 6.12. The van der Waals surface area contributed by atoms with Gasteiger partial charge in [0.05, 0.1) is 38.1 Å². The second kappa shape index (κ2) is 16.0. The van der Waals surface area contributed by atoms with Crippen molar-refractivity contribution in [3.05, 3.63) is 0 Å². The molecule has 0 amide bonds. The van der Waals surface area contributed by atoms with Crippen LogP contribution in [-0.2, 0) is 18.1 Å². The second-order valence-corrected chi connectivity index (χ2v) is 8.31. The van der Waals surface area contributed by atoms with Crippen molar-refractivity contribution in [2.45, 2.75) is 96.9 Å². The minimum absolute atomic E-state index is 0.0630. The average molecular weight is 398 g/mol. The minimum Gasteiger partial charge on any atom is -0.393 e. The molecule has 0 aliphatic heterocycles. The molecule has 3 N–H and O–H groups in total. The highest BCUT2D eigenvalue weighted by Gasteiger charge is 2.27. The van der Waals surface area contributed by atoms with Crippen LogP contribution in [0.15, 0.2) is 0 Å². The standard InChI is InChI=1S/C18H39O7P/c1-4-7-16(19)10-13-23-26(22,24-14-11-17(20)8-5-2)25-15-12-18(21)9-6-3/h16-21H,4-15H2,1-3H3. The predicted molar refractivity (Wildman–Crippen MR) is 102 cm³/mol. The Morgan fingerprint density at radius 3 is 1.12 bits per heavy atom. The fraction of sp³-hybridized carbons (Fsp3) is 1.00. The van der Waals surface area contributed by atoms with Gasteiger partial charge in [0.25, 0.3) is 0 Å². The summed E-state index contributed by atoms with van der Waals surface area (Å²) in [6, 6.07) is 0. The van der Waals surface area contributed by atoms with Gasteiger partial charge in [-0.15, -0.1) is 0 Å². The van der Waals surface area contributed by atoms with Crippen LogP contribution >= 0.6 is 7.82 Å². The fourth-order valence-electron chi connectivity index (χ4n) is 2.45. The number of rotatable bonds is 18. The Balaban J connectivity index is 4.42. The van der Waals surface area contributed by atoms with Crippen LogP contribution in [0.25, 0.3) is 0 Å². The lowest BCUT2D eigenvalue weighted by Crippen LogP contribution is -2.14. The molecule has 8 heteroatoms. The first-order chi connectivity index (χ1) is 12.4. The van der Waals surface area contributed by atoms with Crippen molar-refractivity contribution in [3.8, 4) is 0 Å². The van der Waals surface area contributed by atoms with E-state index in [1.54, 1.807) is 0 Å². The van der Waals surface area contributed by atoms with Crippen LogP contribution in [0.5, 0.6) is 0 Å². The maximum absolute atomic E-state index is 12.7. The summed E-state index contributed by atoms with van der Waals surface area (Å²) < 4.78 is 28.7. The maximum Gasteiger partial charge on any atom is 0.474 e. The van der Waals surface area contributed by atoms with Crippen LogP contribution in [-0.4, -0.2) is 53.5 Å². The van der Waals surface area contributed by atoms with Crippen molar-refractivity contribution < 1.29 is 33.5 Å². The number of hydrogen-bond donors (Lipinski definition) is 3. The lowest BCUT2D eigenvalue weighted by atomic mass is 10.1. The highest BCUT2D eigenvalue weighted by molar-refractivity contribution is 7.48. The van der Waals surface area contributed by atoms with E-state index in [1.165, 1.54) is 0 Å². The van der Waals surface area contributed by atoms with Gasteiger partial charge in [-0.2, -0.15) is 0 Å². The molecule has 7 nitrogen and oxygen atoms in total. The van der Waals surface area contributed by atoms with Gasteiger partial charge in [-0.3, -0.25) is 13.6 Å². The van der Waals surface area contributed by atoms with Crippen LogP contribution in [0.3, 0.4) is 0 Å². The zero-order valence-electron chi connectivity index (χ0n) is 16.6. The largest absolute Gasteiger partial charge is 0.474 e. The number of aliphatic hydroxyl groups is 3. The SMILES string of the molecule is CCCC(O)CCOP(=O)(OCCC(O)CCC)OCCC(O)CCC. The molecule has 0 radical (unpaired) electrons. The lowest BCUT2D eigenvalue weighted by molar-refractivity contribution is 0.0646. The number of aliphatic hydroxyl groups excluding tert-OH is 3. The third-order valence-corrected chi connectivity index (χ3v) is 5.46.